The van der Waals surface area contributed by atoms with E-state index in [0.717, 1.165) is 0 Å². The molecule has 2 aromatic heterocycles. The van der Waals surface area contributed by atoms with Crippen LogP contribution < -0.4 is 20.9 Å². The lowest BCUT2D eigenvalue weighted by Gasteiger charge is -2.37. The molecular formula is C24H27FN8O4. The van der Waals surface area contributed by atoms with Gasteiger partial charge in [-0.05, 0) is 31.2 Å². The number of nitrogens with two attached hydrogens (primary N) is 1. The first-order chi connectivity index (χ1) is 17.8. The monoisotopic (exact) mass is 510 g/mol. The molecule has 4 heterocycles. The molecule has 2 atom stereocenters. The van der Waals surface area contributed by atoms with Crippen molar-refractivity contribution in [2.24, 2.45) is 5.73 Å². The summed E-state index contributed by atoms with van der Waals surface area (Å²) in [6.45, 7) is 3.68. The molecule has 13 heteroatoms. The summed E-state index contributed by atoms with van der Waals surface area (Å²) in [5.74, 6) is -0.772. The molecule has 3 N–H and O–H groups in total. The maximum absolute atomic E-state index is 15.0. The van der Waals surface area contributed by atoms with Crippen molar-refractivity contribution in [3.63, 3.8) is 0 Å². The second-order valence-electron chi connectivity index (χ2n) is 8.95. The molecule has 3 amide bonds. The number of nitrogens with one attached hydrogen (secondary N) is 1. The van der Waals surface area contributed by atoms with E-state index in [1.807, 2.05) is 4.90 Å². The number of fused-ring (bicyclic) bond motifs is 1. The van der Waals surface area contributed by atoms with Gasteiger partial charge >= 0.3 is 6.09 Å². The lowest BCUT2D eigenvalue weighted by atomic mass is 10.2. The van der Waals surface area contributed by atoms with E-state index >= 15 is 0 Å². The summed E-state index contributed by atoms with van der Waals surface area (Å²) in [6.07, 6.45) is 3.90. The van der Waals surface area contributed by atoms with Gasteiger partial charge in [-0.25, -0.2) is 19.2 Å². The average Bonchev–Trinajstić information content (AvgIpc) is 3.51. The Hall–Kier alpha value is -4.26. The van der Waals surface area contributed by atoms with Crippen LogP contribution in [0.2, 0.25) is 0 Å². The third-order valence-electron chi connectivity index (χ3n) is 6.50. The molecule has 5 rings (SSSR count). The average molecular weight is 511 g/mol. The molecule has 1 unspecified atom stereocenters. The number of carbonyl (C=O) groups excluding carboxylic acids is 3. The van der Waals surface area contributed by atoms with Gasteiger partial charge in [0, 0.05) is 51.3 Å². The minimum atomic E-state index is -0.759. The van der Waals surface area contributed by atoms with Crippen LogP contribution in [-0.2, 0) is 9.53 Å². The Bertz CT molecular complexity index is 1310. The third kappa shape index (κ3) is 4.89. The van der Waals surface area contributed by atoms with Crippen molar-refractivity contribution in [2.75, 3.05) is 49.1 Å². The van der Waals surface area contributed by atoms with Gasteiger partial charge in [-0.3, -0.25) is 18.9 Å². The number of ether oxygens (including phenoxy) is 1. The van der Waals surface area contributed by atoms with E-state index in [0.29, 0.717) is 43.3 Å². The maximum Gasteiger partial charge on any atom is 0.414 e. The van der Waals surface area contributed by atoms with Gasteiger partial charge in [0.15, 0.2) is 0 Å². The summed E-state index contributed by atoms with van der Waals surface area (Å²) in [5, 5.41) is 2.69. The first-order valence-electron chi connectivity index (χ1n) is 12.0. The third-order valence-corrected chi connectivity index (χ3v) is 6.50. The zero-order valence-corrected chi connectivity index (χ0v) is 20.2. The summed E-state index contributed by atoms with van der Waals surface area (Å²) in [5.41, 5.74) is 6.53. The molecule has 0 spiro atoms. The fourth-order valence-corrected chi connectivity index (χ4v) is 4.49. The van der Waals surface area contributed by atoms with Crippen molar-refractivity contribution < 1.29 is 23.5 Å². The number of anilines is 2. The largest absolute Gasteiger partial charge is 0.443 e. The van der Waals surface area contributed by atoms with Gasteiger partial charge in [-0.2, -0.15) is 0 Å². The van der Waals surface area contributed by atoms with E-state index in [9.17, 15) is 18.8 Å². The molecule has 0 bridgehead atoms. The lowest BCUT2D eigenvalue weighted by Crippen LogP contribution is -2.54. The number of rotatable bonds is 6. The highest BCUT2D eigenvalue weighted by Gasteiger charge is 2.32. The molecule has 0 radical (unpaired) electrons. The zero-order chi connectivity index (χ0) is 26.1. The van der Waals surface area contributed by atoms with Crippen molar-refractivity contribution in [1.29, 1.82) is 0 Å². The Morgan fingerprint density at radius 3 is 2.73 bits per heavy atom. The van der Waals surface area contributed by atoms with Crippen molar-refractivity contribution >= 4 is 35.1 Å². The van der Waals surface area contributed by atoms with Crippen molar-refractivity contribution in [2.45, 2.75) is 19.1 Å². The molecule has 2 saturated heterocycles. The van der Waals surface area contributed by atoms with Crippen molar-refractivity contribution in [3.8, 4) is 0 Å². The highest BCUT2D eigenvalue weighted by atomic mass is 19.1. The molecule has 194 valence electrons. The SMILES string of the molecule is C[C@H](NC(=O)c1cn2cccnc2n1)C(=O)N1CCN(c2ccc(N3CC(CN)OC3=O)cc2F)CC1. The number of nitrogens with zero attached hydrogens (tertiary/aromatic N) is 6. The quantitative estimate of drug-likeness (QED) is 0.492. The van der Waals surface area contributed by atoms with Crippen LogP contribution in [0.4, 0.5) is 20.6 Å². The topological polar surface area (TPSA) is 138 Å². The second-order valence-corrected chi connectivity index (χ2v) is 8.95. The molecule has 2 fully saturated rings. The number of hydrogen-bond acceptors (Lipinski definition) is 8. The Labute approximate surface area is 211 Å². The first-order valence-corrected chi connectivity index (χ1v) is 12.0. The van der Waals surface area contributed by atoms with E-state index < -0.39 is 30.0 Å². The lowest BCUT2D eigenvalue weighted by molar-refractivity contribution is -0.133. The minimum absolute atomic E-state index is 0.169. The normalized spacial score (nSPS) is 18.7. The highest BCUT2D eigenvalue weighted by Crippen LogP contribution is 2.28. The van der Waals surface area contributed by atoms with E-state index in [-0.39, 0.29) is 24.7 Å². The molecule has 2 aliphatic heterocycles. The van der Waals surface area contributed by atoms with Gasteiger partial charge in [0.05, 0.1) is 17.9 Å². The molecule has 1 aromatic carbocycles. The standard InChI is InChI=1S/C24H27FN8O4/c1-15(28-21(34)19-14-32-6-2-5-27-23(32)29-19)22(35)31-9-7-30(8-10-31)20-4-3-16(11-18(20)25)33-13-17(12-26)37-24(33)36/h2-6,11,14-15,17H,7-10,12-13,26H2,1H3,(H,28,34)/t15-,17?/m0/s1. The number of amides is 3. The number of cyclic esters (lactones) is 1. The number of imidazole rings is 1. The Morgan fingerprint density at radius 1 is 1.27 bits per heavy atom. The van der Waals surface area contributed by atoms with E-state index in [1.165, 1.54) is 11.0 Å². The fourth-order valence-electron chi connectivity index (χ4n) is 4.49. The van der Waals surface area contributed by atoms with Crippen LogP contribution in [0.5, 0.6) is 0 Å². The molecule has 0 saturated carbocycles. The second kappa shape index (κ2) is 10.0. The van der Waals surface area contributed by atoms with Gasteiger partial charge in [0.2, 0.25) is 11.7 Å². The predicted octanol–water partition coefficient (Wildman–Crippen LogP) is 0.619. The van der Waals surface area contributed by atoms with Crippen LogP contribution in [0.3, 0.4) is 0 Å². The van der Waals surface area contributed by atoms with E-state index in [1.54, 1.807) is 53.0 Å². The number of hydrogen-bond donors (Lipinski definition) is 2. The minimum Gasteiger partial charge on any atom is -0.443 e. The number of benzene rings is 1. The van der Waals surface area contributed by atoms with Crippen LogP contribution >= 0.6 is 0 Å². The predicted molar refractivity (Wildman–Crippen MR) is 132 cm³/mol. The summed E-state index contributed by atoms with van der Waals surface area (Å²) >= 11 is 0. The Morgan fingerprint density at radius 2 is 2.05 bits per heavy atom. The van der Waals surface area contributed by atoms with Gasteiger partial charge in [0.25, 0.3) is 5.91 Å². The molecule has 0 aliphatic carbocycles. The molecule has 12 nitrogen and oxygen atoms in total. The van der Waals surface area contributed by atoms with Crippen molar-refractivity contribution in [1.82, 2.24) is 24.6 Å². The van der Waals surface area contributed by atoms with Crippen LogP contribution in [0.25, 0.3) is 5.78 Å². The van der Waals surface area contributed by atoms with Crippen LogP contribution in [0, 0.1) is 5.82 Å². The van der Waals surface area contributed by atoms with Gasteiger partial charge in [0.1, 0.15) is 23.7 Å². The molecule has 37 heavy (non-hydrogen) atoms. The number of halogens is 1. The summed E-state index contributed by atoms with van der Waals surface area (Å²) in [6, 6.07) is 5.56. The van der Waals surface area contributed by atoms with Crippen LogP contribution in [0.1, 0.15) is 17.4 Å². The highest BCUT2D eigenvalue weighted by molar-refractivity contribution is 5.96. The molecule has 2 aliphatic rings. The summed E-state index contributed by atoms with van der Waals surface area (Å²) in [7, 11) is 0. The zero-order valence-electron chi connectivity index (χ0n) is 20.2. The maximum atomic E-state index is 15.0. The smallest absolute Gasteiger partial charge is 0.414 e. The Kier molecular flexibility index (Phi) is 6.61. The molecular weight excluding hydrogens is 483 g/mol. The number of carbonyl (C=O) groups is 3. The molecule has 3 aromatic rings. The summed E-state index contributed by atoms with van der Waals surface area (Å²) in [4.78, 5) is 50.7. The van der Waals surface area contributed by atoms with Gasteiger partial charge in [-0.1, -0.05) is 0 Å². The Balaban J connectivity index is 1.16. The van der Waals surface area contributed by atoms with Crippen molar-refractivity contribution in [3.05, 3.63) is 54.4 Å². The van der Waals surface area contributed by atoms with Crippen LogP contribution in [0.15, 0.2) is 42.9 Å². The van der Waals surface area contributed by atoms with E-state index in [4.69, 9.17) is 10.5 Å². The number of aromatic nitrogens is 3. The van der Waals surface area contributed by atoms with Crippen LogP contribution in [-0.4, -0.2) is 88.6 Å². The number of piperazine rings is 1. The van der Waals surface area contributed by atoms with Gasteiger partial charge < -0.3 is 25.6 Å². The van der Waals surface area contributed by atoms with E-state index in [2.05, 4.69) is 15.3 Å². The fraction of sp³-hybridized carbons (Fsp3) is 0.375. The van der Waals surface area contributed by atoms with Gasteiger partial charge in [-0.15, -0.1) is 0 Å². The first kappa shape index (κ1) is 24.4. The summed E-state index contributed by atoms with van der Waals surface area (Å²) < 4.78 is 21.7.